The van der Waals surface area contributed by atoms with Crippen LogP contribution in [0.25, 0.3) is 10.1 Å². The molecule has 2 heterocycles. The van der Waals surface area contributed by atoms with Gasteiger partial charge in [-0.05, 0) is 47.2 Å². The van der Waals surface area contributed by atoms with Crippen molar-refractivity contribution in [2.75, 3.05) is 5.32 Å². The van der Waals surface area contributed by atoms with Crippen LogP contribution in [-0.4, -0.2) is 17.0 Å². The van der Waals surface area contributed by atoms with Crippen molar-refractivity contribution in [3.8, 4) is 0 Å². The van der Waals surface area contributed by atoms with Crippen LogP contribution in [0.3, 0.4) is 0 Å². The number of nitrogens with one attached hydrogen (secondary N) is 1. The first-order valence-electron chi connectivity index (χ1n) is 5.75. The molecular formula is C14H9NO3S2. The lowest BCUT2D eigenvalue weighted by Crippen LogP contribution is -2.09. The summed E-state index contributed by atoms with van der Waals surface area (Å²) < 4.78 is 1.16. The molecule has 0 spiro atoms. The van der Waals surface area contributed by atoms with Crippen LogP contribution in [0.15, 0.2) is 41.8 Å². The molecule has 0 radical (unpaired) electrons. The number of benzene rings is 1. The van der Waals surface area contributed by atoms with Gasteiger partial charge in [-0.2, -0.15) is 0 Å². The fraction of sp³-hybridized carbons (Fsp3) is 0. The van der Waals surface area contributed by atoms with Crippen molar-refractivity contribution in [2.45, 2.75) is 0 Å². The summed E-state index contributed by atoms with van der Waals surface area (Å²) in [6.45, 7) is 0. The Hall–Kier alpha value is -2.18. The quantitative estimate of drug-likeness (QED) is 0.771. The molecule has 3 aromatic rings. The van der Waals surface area contributed by atoms with Crippen LogP contribution in [0.4, 0.5) is 5.69 Å². The summed E-state index contributed by atoms with van der Waals surface area (Å²) >= 11 is 2.61. The van der Waals surface area contributed by atoms with Gasteiger partial charge in [0.1, 0.15) is 4.88 Å². The van der Waals surface area contributed by atoms with Crippen molar-refractivity contribution in [2.24, 2.45) is 0 Å². The van der Waals surface area contributed by atoms with E-state index in [0.717, 1.165) is 21.4 Å². The highest BCUT2D eigenvalue weighted by Crippen LogP contribution is 2.25. The Morgan fingerprint density at radius 2 is 1.85 bits per heavy atom. The Bertz CT molecular complexity index is 803. The van der Waals surface area contributed by atoms with Crippen molar-refractivity contribution in [1.82, 2.24) is 0 Å². The third kappa shape index (κ3) is 2.43. The molecule has 3 rings (SSSR count). The molecule has 0 aliphatic carbocycles. The number of amides is 1. The van der Waals surface area contributed by atoms with E-state index in [1.807, 2.05) is 29.6 Å². The maximum atomic E-state index is 12.0. The van der Waals surface area contributed by atoms with Gasteiger partial charge in [0.2, 0.25) is 0 Å². The van der Waals surface area contributed by atoms with E-state index in [2.05, 4.69) is 5.32 Å². The molecule has 0 aliphatic rings. The smallest absolute Gasteiger partial charge is 0.345 e. The summed E-state index contributed by atoms with van der Waals surface area (Å²) in [6, 6.07) is 10.6. The Morgan fingerprint density at radius 1 is 1.05 bits per heavy atom. The number of aromatic carboxylic acids is 1. The predicted octanol–water partition coefficient (Wildman–Crippen LogP) is 3.91. The molecule has 2 aromatic heterocycles. The third-order valence-corrected chi connectivity index (χ3v) is 4.72. The lowest BCUT2D eigenvalue weighted by Gasteiger charge is -2.03. The first-order valence-corrected chi connectivity index (χ1v) is 7.45. The molecule has 0 saturated carbocycles. The lowest BCUT2D eigenvalue weighted by molar-refractivity contribution is 0.0702. The number of carboxylic acids is 1. The van der Waals surface area contributed by atoms with Gasteiger partial charge in [0, 0.05) is 10.4 Å². The van der Waals surface area contributed by atoms with Crippen LogP contribution in [0.2, 0.25) is 0 Å². The number of thiophene rings is 2. The van der Waals surface area contributed by atoms with Crippen LogP contribution < -0.4 is 5.32 Å². The number of fused-ring (bicyclic) bond motifs is 1. The van der Waals surface area contributed by atoms with Gasteiger partial charge in [0.15, 0.2) is 0 Å². The molecular weight excluding hydrogens is 294 g/mol. The predicted molar refractivity (Wildman–Crippen MR) is 81.1 cm³/mol. The molecule has 0 unspecified atom stereocenters. The van der Waals surface area contributed by atoms with Crippen molar-refractivity contribution in [1.29, 1.82) is 0 Å². The minimum atomic E-state index is -1.02. The SMILES string of the molecule is O=C(O)c1ccc(C(=O)Nc2ccc3sccc3c2)s1. The lowest BCUT2D eigenvalue weighted by atomic mass is 10.2. The highest BCUT2D eigenvalue weighted by atomic mass is 32.1. The molecule has 1 aromatic carbocycles. The number of carbonyl (C=O) groups is 2. The first-order chi connectivity index (χ1) is 9.63. The second-order valence-corrected chi connectivity index (χ2v) is 6.13. The molecule has 0 fully saturated rings. The van der Waals surface area contributed by atoms with Crippen molar-refractivity contribution < 1.29 is 14.7 Å². The van der Waals surface area contributed by atoms with E-state index in [0.29, 0.717) is 10.6 Å². The molecule has 20 heavy (non-hydrogen) atoms. The number of hydrogen-bond acceptors (Lipinski definition) is 4. The van der Waals surface area contributed by atoms with E-state index in [1.165, 1.54) is 12.1 Å². The average Bonchev–Trinajstić information content (AvgIpc) is 3.07. The fourth-order valence-electron chi connectivity index (χ4n) is 1.81. The van der Waals surface area contributed by atoms with Crippen molar-refractivity contribution in [3.63, 3.8) is 0 Å². The third-order valence-electron chi connectivity index (χ3n) is 2.75. The van der Waals surface area contributed by atoms with Gasteiger partial charge in [0.05, 0.1) is 4.88 Å². The second kappa shape index (κ2) is 5.07. The summed E-state index contributed by atoms with van der Waals surface area (Å²) in [6.07, 6.45) is 0. The zero-order valence-corrected chi connectivity index (χ0v) is 11.8. The van der Waals surface area contributed by atoms with Crippen LogP contribution in [0.1, 0.15) is 19.3 Å². The molecule has 6 heteroatoms. The number of rotatable bonds is 3. The van der Waals surface area contributed by atoms with E-state index in [4.69, 9.17) is 5.11 Å². The maximum absolute atomic E-state index is 12.0. The highest BCUT2D eigenvalue weighted by molar-refractivity contribution is 7.17. The molecule has 0 bridgehead atoms. The standard InChI is InChI=1S/C14H9NO3S2/c16-13(11-3-4-12(20-11)14(17)18)15-9-1-2-10-8(7-9)5-6-19-10/h1-7H,(H,15,16)(H,17,18). The molecule has 100 valence electrons. The van der Waals surface area contributed by atoms with E-state index < -0.39 is 5.97 Å². The molecule has 2 N–H and O–H groups in total. The van der Waals surface area contributed by atoms with Gasteiger partial charge in [-0.25, -0.2) is 4.79 Å². The van der Waals surface area contributed by atoms with Crippen LogP contribution in [-0.2, 0) is 0 Å². The van der Waals surface area contributed by atoms with Crippen molar-refractivity contribution in [3.05, 3.63) is 51.5 Å². The highest BCUT2D eigenvalue weighted by Gasteiger charge is 2.13. The molecule has 0 atom stereocenters. The monoisotopic (exact) mass is 303 g/mol. The molecule has 4 nitrogen and oxygen atoms in total. The van der Waals surface area contributed by atoms with Crippen LogP contribution in [0.5, 0.6) is 0 Å². The van der Waals surface area contributed by atoms with E-state index in [-0.39, 0.29) is 10.8 Å². The minimum absolute atomic E-state index is 0.156. The number of carbonyl (C=O) groups excluding carboxylic acids is 1. The number of carboxylic acid groups (broad SMARTS) is 1. The van der Waals surface area contributed by atoms with E-state index >= 15 is 0 Å². The van der Waals surface area contributed by atoms with Gasteiger partial charge in [0.25, 0.3) is 5.91 Å². The summed E-state index contributed by atoms with van der Waals surface area (Å²) in [5.74, 6) is -1.31. The van der Waals surface area contributed by atoms with Gasteiger partial charge >= 0.3 is 5.97 Å². The van der Waals surface area contributed by atoms with Gasteiger partial charge in [-0.15, -0.1) is 22.7 Å². The maximum Gasteiger partial charge on any atom is 0.345 e. The Morgan fingerprint density at radius 3 is 2.60 bits per heavy atom. The van der Waals surface area contributed by atoms with Crippen molar-refractivity contribution >= 4 is 50.3 Å². The fourth-order valence-corrected chi connectivity index (χ4v) is 3.32. The van der Waals surface area contributed by atoms with Gasteiger partial charge < -0.3 is 10.4 Å². The Kier molecular flexibility index (Phi) is 3.25. The largest absolute Gasteiger partial charge is 0.477 e. The van der Waals surface area contributed by atoms with E-state index in [9.17, 15) is 9.59 Å². The van der Waals surface area contributed by atoms with Gasteiger partial charge in [-0.1, -0.05) is 0 Å². The van der Waals surface area contributed by atoms with Crippen LogP contribution >= 0.6 is 22.7 Å². The summed E-state index contributed by atoms with van der Waals surface area (Å²) in [5, 5.41) is 14.7. The number of anilines is 1. The van der Waals surface area contributed by atoms with Crippen LogP contribution in [0, 0.1) is 0 Å². The zero-order valence-electron chi connectivity index (χ0n) is 10.1. The Labute approximate surface area is 122 Å². The molecule has 1 amide bonds. The number of hydrogen-bond donors (Lipinski definition) is 2. The second-order valence-electron chi connectivity index (χ2n) is 4.10. The van der Waals surface area contributed by atoms with Gasteiger partial charge in [-0.3, -0.25) is 4.79 Å². The normalized spacial score (nSPS) is 10.6. The first kappa shape index (κ1) is 12.8. The van der Waals surface area contributed by atoms with E-state index in [1.54, 1.807) is 11.3 Å². The average molecular weight is 303 g/mol. The Balaban J connectivity index is 1.82. The summed E-state index contributed by atoms with van der Waals surface area (Å²) in [7, 11) is 0. The topological polar surface area (TPSA) is 66.4 Å². The summed E-state index contributed by atoms with van der Waals surface area (Å²) in [5.41, 5.74) is 0.700. The minimum Gasteiger partial charge on any atom is -0.477 e. The zero-order chi connectivity index (χ0) is 14.1. The summed E-state index contributed by atoms with van der Waals surface area (Å²) in [4.78, 5) is 23.4. The molecule has 0 saturated heterocycles. The molecule has 0 aliphatic heterocycles.